The Morgan fingerprint density at radius 2 is 1.89 bits per heavy atom. The number of Topliss-reactive ketones (excluding diaryl/α,β-unsaturated/α-hetero) is 1. The summed E-state index contributed by atoms with van der Waals surface area (Å²) in [6.07, 6.45) is -0.00534. The summed E-state index contributed by atoms with van der Waals surface area (Å²) in [5.41, 5.74) is 0.861. The van der Waals surface area contributed by atoms with Crippen LogP contribution in [-0.2, 0) is 20.7 Å². The summed E-state index contributed by atoms with van der Waals surface area (Å²) in [6.45, 7) is -1.29. The van der Waals surface area contributed by atoms with E-state index in [2.05, 4.69) is 0 Å². The lowest BCUT2D eigenvalue weighted by Gasteiger charge is -2.25. The number of ether oxygens (including phenoxy) is 2. The van der Waals surface area contributed by atoms with E-state index in [9.17, 15) is 23.6 Å². The summed E-state index contributed by atoms with van der Waals surface area (Å²) in [5.74, 6) is -3.23. The van der Waals surface area contributed by atoms with E-state index in [1.807, 2.05) is 0 Å². The highest BCUT2D eigenvalue weighted by atomic mass is 19.1. The summed E-state index contributed by atoms with van der Waals surface area (Å²) in [6, 6.07) is 10.0. The number of methoxy groups -OCH3 is 1. The molecule has 2 aromatic rings. The number of carbonyl (C=O) groups excluding carboxylic acids is 4. The number of rotatable bonds is 6. The van der Waals surface area contributed by atoms with Crippen LogP contribution in [0.3, 0.4) is 0 Å². The van der Waals surface area contributed by atoms with Gasteiger partial charge >= 0.3 is 5.97 Å². The van der Waals surface area contributed by atoms with Crippen molar-refractivity contribution in [1.29, 1.82) is 0 Å². The molecule has 0 saturated heterocycles. The average Bonchev–Trinajstić information content (AvgIpc) is 2.69. The Morgan fingerprint density at radius 1 is 1.14 bits per heavy atom. The molecule has 2 aromatic carbocycles. The Morgan fingerprint density at radius 3 is 2.64 bits per heavy atom. The Kier molecular flexibility index (Phi) is 5.49. The predicted octanol–water partition coefficient (Wildman–Crippen LogP) is 1.79. The first-order valence-corrected chi connectivity index (χ1v) is 8.35. The first-order valence-electron chi connectivity index (χ1n) is 8.35. The number of carbonyl (C=O) groups is 4. The van der Waals surface area contributed by atoms with E-state index in [4.69, 9.17) is 9.47 Å². The minimum atomic E-state index is -0.926. The summed E-state index contributed by atoms with van der Waals surface area (Å²) in [5, 5.41) is 0. The summed E-state index contributed by atoms with van der Waals surface area (Å²) in [7, 11) is 1.32. The number of hydrogen-bond acceptors (Lipinski definition) is 6. The number of esters is 1. The number of amides is 2. The molecule has 0 unspecified atom stereocenters. The van der Waals surface area contributed by atoms with E-state index in [-0.39, 0.29) is 17.7 Å². The quantitative estimate of drug-likeness (QED) is 0.428. The van der Waals surface area contributed by atoms with Crippen LogP contribution in [0.5, 0.6) is 5.75 Å². The molecule has 144 valence electrons. The van der Waals surface area contributed by atoms with Gasteiger partial charge in [0.1, 0.15) is 18.1 Å². The molecule has 0 aliphatic carbocycles. The topological polar surface area (TPSA) is 90.0 Å². The first kappa shape index (κ1) is 19.2. The van der Waals surface area contributed by atoms with Gasteiger partial charge in [-0.3, -0.25) is 24.1 Å². The monoisotopic (exact) mass is 385 g/mol. The van der Waals surface area contributed by atoms with Crippen LogP contribution in [0.25, 0.3) is 0 Å². The molecule has 0 aromatic heterocycles. The molecule has 3 rings (SSSR count). The lowest BCUT2D eigenvalue weighted by molar-refractivity contribution is -0.146. The Hall–Kier alpha value is -3.55. The third kappa shape index (κ3) is 3.90. The van der Waals surface area contributed by atoms with Crippen LogP contribution in [0, 0.1) is 5.82 Å². The molecule has 0 atom stereocenters. The van der Waals surface area contributed by atoms with Crippen molar-refractivity contribution in [3.05, 3.63) is 65.0 Å². The van der Waals surface area contributed by atoms with Crippen molar-refractivity contribution in [2.45, 2.75) is 6.42 Å². The summed E-state index contributed by atoms with van der Waals surface area (Å²) < 4.78 is 23.2. The van der Waals surface area contributed by atoms with Gasteiger partial charge in [0.05, 0.1) is 19.1 Å². The molecule has 2 amide bonds. The Bertz CT molecular complexity index is 971. The maximum Gasteiger partial charge on any atom is 0.326 e. The van der Waals surface area contributed by atoms with Gasteiger partial charge in [-0.2, -0.15) is 0 Å². The fourth-order valence-corrected chi connectivity index (χ4v) is 2.86. The van der Waals surface area contributed by atoms with Gasteiger partial charge in [-0.15, -0.1) is 0 Å². The van der Waals surface area contributed by atoms with Gasteiger partial charge in [-0.25, -0.2) is 4.39 Å². The minimum absolute atomic E-state index is 0.00534. The number of fused-ring (bicyclic) bond motifs is 1. The molecule has 1 aliphatic heterocycles. The van der Waals surface area contributed by atoms with Crippen molar-refractivity contribution in [3.63, 3.8) is 0 Å². The standard InChI is InChI=1S/C20H16FNO6/c1-27-17-7-6-13(21)9-15(17)16(23)11-28-19(25)10-22-18(24)8-12-4-2-3-5-14(12)20(22)26/h2-7,9H,8,10-11H2,1H3. The molecule has 0 saturated carbocycles. The normalized spacial score (nSPS) is 13.1. The molecule has 28 heavy (non-hydrogen) atoms. The maximum atomic E-state index is 13.4. The number of imide groups is 1. The molecule has 1 heterocycles. The zero-order valence-electron chi connectivity index (χ0n) is 14.9. The van der Waals surface area contributed by atoms with Crippen molar-refractivity contribution in [3.8, 4) is 5.75 Å². The highest BCUT2D eigenvalue weighted by molar-refractivity contribution is 6.11. The second kappa shape index (κ2) is 7.99. The van der Waals surface area contributed by atoms with Gasteiger partial charge in [-0.05, 0) is 29.8 Å². The minimum Gasteiger partial charge on any atom is -0.496 e. The maximum absolute atomic E-state index is 13.4. The van der Waals surface area contributed by atoms with Crippen LogP contribution in [0.4, 0.5) is 4.39 Å². The van der Waals surface area contributed by atoms with E-state index in [0.29, 0.717) is 11.1 Å². The third-order valence-electron chi connectivity index (χ3n) is 4.25. The van der Waals surface area contributed by atoms with Gasteiger partial charge in [0.2, 0.25) is 11.7 Å². The van der Waals surface area contributed by atoms with Crippen LogP contribution in [0.1, 0.15) is 26.3 Å². The predicted molar refractivity (Wildman–Crippen MR) is 94.4 cm³/mol. The number of hydrogen-bond donors (Lipinski definition) is 0. The number of nitrogens with zero attached hydrogens (tertiary/aromatic N) is 1. The van der Waals surface area contributed by atoms with Crippen molar-refractivity contribution >= 4 is 23.6 Å². The molecule has 8 heteroatoms. The van der Waals surface area contributed by atoms with E-state index >= 15 is 0 Å². The first-order chi connectivity index (χ1) is 13.4. The van der Waals surface area contributed by atoms with Crippen molar-refractivity contribution < 1.29 is 33.0 Å². The molecule has 0 bridgehead atoms. The molecular weight excluding hydrogens is 369 g/mol. The summed E-state index contributed by atoms with van der Waals surface area (Å²) in [4.78, 5) is 49.6. The lowest BCUT2D eigenvalue weighted by atomic mass is 9.98. The van der Waals surface area contributed by atoms with Crippen molar-refractivity contribution in [2.24, 2.45) is 0 Å². The number of ketones is 1. The molecule has 7 nitrogen and oxygen atoms in total. The second-order valence-corrected chi connectivity index (χ2v) is 6.05. The number of halogens is 1. The third-order valence-corrected chi connectivity index (χ3v) is 4.25. The van der Waals surface area contributed by atoms with Crippen LogP contribution in [0.2, 0.25) is 0 Å². The van der Waals surface area contributed by atoms with Crippen molar-refractivity contribution in [2.75, 3.05) is 20.3 Å². The fourth-order valence-electron chi connectivity index (χ4n) is 2.86. The van der Waals surface area contributed by atoms with Gasteiger partial charge in [0, 0.05) is 5.56 Å². The highest BCUT2D eigenvalue weighted by Crippen LogP contribution is 2.21. The Balaban J connectivity index is 1.63. The fraction of sp³-hybridized carbons (Fsp3) is 0.200. The van der Waals surface area contributed by atoms with E-state index in [1.165, 1.54) is 13.2 Å². The van der Waals surface area contributed by atoms with Gasteiger partial charge in [0.15, 0.2) is 6.61 Å². The second-order valence-electron chi connectivity index (χ2n) is 6.05. The van der Waals surface area contributed by atoms with Crippen molar-refractivity contribution in [1.82, 2.24) is 4.90 Å². The van der Waals surface area contributed by atoms with Gasteiger partial charge in [-0.1, -0.05) is 18.2 Å². The lowest BCUT2D eigenvalue weighted by Crippen LogP contribution is -2.45. The molecule has 0 radical (unpaired) electrons. The van der Waals surface area contributed by atoms with E-state index in [1.54, 1.807) is 24.3 Å². The smallest absolute Gasteiger partial charge is 0.326 e. The number of benzene rings is 2. The van der Waals surface area contributed by atoms with Crippen LogP contribution in [-0.4, -0.2) is 48.7 Å². The van der Waals surface area contributed by atoms with Crippen LogP contribution >= 0.6 is 0 Å². The molecule has 0 spiro atoms. The SMILES string of the molecule is COc1ccc(F)cc1C(=O)COC(=O)CN1C(=O)Cc2ccccc2C1=O. The summed E-state index contributed by atoms with van der Waals surface area (Å²) >= 11 is 0. The molecule has 0 N–H and O–H groups in total. The molecule has 0 fully saturated rings. The Labute approximate surface area is 159 Å². The van der Waals surface area contributed by atoms with Gasteiger partial charge in [0.25, 0.3) is 5.91 Å². The van der Waals surface area contributed by atoms with E-state index in [0.717, 1.165) is 17.0 Å². The van der Waals surface area contributed by atoms with E-state index < -0.39 is 42.5 Å². The zero-order chi connectivity index (χ0) is 20.3. The molecule has 1 aliphatic rings. The zero-order valence-corrected chi connectivity index (χ0v) is 14.9. The molecular formula is C20H16FNO6. The van der Waals surface area contributed by atoms with Crippen LogP contribution < -0.4 is 4.74 Å². The largest absolute Gasteiger partial charge is 0.496 e. The van der Waals surface area contributed by atoms with Crippen LogP contribution in [0.15, 0.2) is 42.5 Å². The average molecular weight is 385 g/mol. The highest BCUT2D eigenvalue weighted by Gasteiger charge is 2.32. The van der Waals surface area contributed by atoms with Gasteiger partial charge < -0.3 is 9.47 Å².